The number of carboxylic acid groups (broad SMARTS) is 1. The van der Waals surface area contributed by atoms with Gasteiger partial charge in [0.05, 0.1) is 13.0 Å². The Morgan fingerprint density at radius 3 is 2.75 bits per heavy atom. The van der Waals surface area contributed by atoms with Crippen LogP contribution in [-0.2, 0) is 14.3 Å². The van der Waals surface area contributed by atoms with E-state index in [1.807, 2.05) is 0 Å². The lowest BCUT2D eigenvalue weighted by molar-refractivity contribution is -0.141. The van der Waals surface area contributed by atoms with Gasteiger partial charge in [-0.05, 0) is 12.1 Å². The van der Waals surface area contributed by atoms with Gasteiger partial charge in [0.25, 0.3) is 0 Å². The van der Waals surface area contributed by atoms with Gasteiger partial charge in [-0.25, -0.2) is 0 Å². The molecule has 0 aliphatic rings. The van der Waals surface area contributed by atoms with Crippen LogP contribution in [0, 0.1) is 0 Å². The van der Waals surface area contributed by atoms with E-state index >= 15 is 0 Å². The van der Waals surface area contributed by atoms with Crippen molar-refractivity contribution in [3.63, 3.8) is 0 Å². The van der Waals surface area contributed by atoms with Crippen LogP contribution in [0.3, 0.4) is 0 Å². The molecule has 1 atom stereocenters. The lowest BCUT2D eigenvalue weighted by atomic mass is 10.2. The Morgan fingerprint density at radius 1 is 1.40 bits per heavy atom. The molecule has 7 nitrogen and oxygen atoms in total. The van der Waals surface area contributed by atoms with Crippen molar-refractivity contribution in [3.8, 4) is 5.75 Å². The second-order valence-electron chi connectivity index (χ2n) is 4.14. The number of methoxy groups -OCH3 is 1. The highest BCUT2D eigenvalue weighted by Crippen LogP contribution is 2.15. The topological polar surface area (TPSA) is 108 Å². The van der Waals surface area contributed by atoms with Gasteiger partial charge in [-0.15, -0.1) is 0 Å². The highest BCUT2D eigenvalue weighted by atomic mass is 16.5. The molecule has 0 heterocycles. The summed E-state index contributed by atoms with van der Waals surface area (Å²) < 4.78 is 4.80. The number of benzene rings is 1. The third-order valence-corrected chi connectivity index (χ3v) is 2.51. The molecular formula is C13H18N2O5. The van der Waals surface area contributed by atoms with E-state index in [1.165, 1.54) is 19.2 Å². The average molecular weight is 282 g/mol. The molecule has 20 heavy (non-hydrogen) atoms. The van der Waals surface area contributed by atoms with Crippen LogP contribution in [0.15, 0.2) is 24.3 Å². The first-order valence-electron chi connectivity index (χ1n) is 6.07. The van der Waals surface area contributed by atoms with Gasteiger partial charge in [-0.3, -0.25) is 9.59 Å². The Kier molecular flexibility index (Phi) is 6.48. The molecule has 1 aromatic carbocycles. The van der Waals surface area contributed by atoms with Gasteiger partial charge in [0.15, 0.2) is 0 Å². The molecule has 0 radical (unpaired) electrons. The number of phenols is 1. The fourth-order valence-electron chi connectivity index (χ4n) is 1.56. The number of hydrogen-bond acceptors (Lipinski definition) is 5. The number of nitrogens with one attached hydrogen (secondary N) is 2. The van der Waals surface area contributed by atoms with E-state index in [0.29, 0.717) is 18.8 Å². The largest absolute Gasteiger partial charge is 0.508 e. The average Bonchev–Trinajstić information content (AvgIpc) is 2.37. The highest BCUT2D eigenvalue weighted by molar-refractivity contribution is 5.94. The minimum atomic E-state index is -1.10. The zero-order chi connectivity index (χ0) is 15.0. The molecule has 0 saturated carbocycles. The fraction of sp³-hybridized carbons (Fsp3) is 0.385. The molecule has 1 amide bonds. The van der Waals surface area contributed by atoms with Gasteiger partial charge in [0, 0.05) is 25.4 Å². The minimum Gasteiger partial charge on any atom is -0.508 e. The fourth-order valence-corrected chi connectivity index (χ4v) is 1.56. The van der Waals surface area contributed by atoms with Gasteiger partial charge < -0.3 is 25.6 Å². The van der Waals surface area contributed by atoms with Crippen molar-refractivity contribution in [2.24, 2.45) is 0 Å². The molecule has 1 unspecified atom stereocenters. The van der Waals surface area contributed by atoms with E-state index in [1.54, 1.807) is 12.1 Å². The summed E-state index contributed by atoms with van der Waals surface area (Å²) >= 11 is 0. The Hall–Kier alpha value is -2.12. The number of aromatic hydroxyl groups is 1. The zero-order valence-electron chi connectivity index (χ0n) is 11.1. The minimum absolute atomic E-state index is 0.0239. The molecule has 0 saturated heterocycles. The monoisotopic (exact) mass is 282 g/mol. The summed E-state index contributed by atoms with van der Waals surface area (Å²) in [6.07, 6.45) is -0.214. The summed E-state index contributed by atoms with van der Waals surface area (Å²) in [5.74, 6) is -1.53. The van der Waals surface area contributed by atoms with Crippen LogP contribution in [-0.4, -0.2) is 48.4 Å². The second kappa shape index (κ2) is 8.13. The molecule has 0 aliphatic heterocycles. The number of carbonyl (C=O) groups excluding carboxylic acids is 1. The first-order chi connectivity index (χ1) is 9.52. The predicted molar refractivity (Wildman–Crippen MR) is 72.7 cm³/mol. The van der Waals surface area contributed by atoms with Crippen LogP contribution in [0.1, 0.15) is 6.42 Å². The molecular weight excluding hydrogens is 264 g/mol. The summed E-state index contributed by atoms with van der Waals surface area (Å²) in [6.45, 7) is 0.699. The molecule has 0 aromatic heterocycles. The van der Waals surface area contributed by atoms with Gasteiger partial charge in [0.2, 0.25) is 5.91 Å². The van der Waals surface area contributed by atoms with Crippen molar-refractivity contribution in [1.29, 1.82) is 0 Å². The normalized spacial score (nSPS) is 11.8. The molecule has 110 valence electrons. The number of rotatable bonds is 8. The third kappa shape index (κ3) is 5.68. The SMILES string of the molecule is COCCNC(CC(=O)Nc1cccc(O)c1)C(=O)O. The number of phenolic OH excluding ortho intramolecular Hbond substituents is 1. The van der Waals surface area contributed by atoms with Crippen LogP contribution in [0.25, 0.3) is 0 Å². The van der Waals surface area contributed by atoms with Crippen molar-refractivity contribution in [1.82, 2.24) is 5.32 Å². The third-order valence-electron chi connectivity index (χ3n) is 2.51. The van der Waals surface area contributed by atoms with E-state index in [2.05, 4.69) is 10.6 Å². The van der Waals surface area contributed by atoms with Crippen molar-refractivity contribution < 1.29 is 24.5 Å². The van der Waals surface area contributed by atoms with E-state index < -0.39 is 17.9 Å². The number of ether oxygens (including phenoxy) is 1. The van der Waals surface area contributed by atoms with E-state index in [0.717, 1.165) is 0 Å². The van der Waals surface area contributed by atoms with Crippen LogP contribution < -0.4 is 10.6 Å². The van der Waals surface area contributed by atoms with Crippen LogP contribution in [0.4, 0.5) is 5.69 Å². The van der Waals surface area contributed by atoms with E-state index in [4.69, 9.17) is 9.84 Å². The lowest BCUT2D eigenvalue weighted by Gasteiger charge is -2.14. The first kappa shape index (κ1) is 15.9. The predicted octanol–water partition coefficient (Wildman–Crippen LogP) is 0.410. The highest BCUT2D eigenvalue weighted by Gasteiger charge is 2.20. The first-order valence-corrected chi connectivity index (χ1v) is 6.07. The molecule has 0 spiro atoms. The summed E-state index contributed by atoms with van der Waals surface area (Å²) in [7, 11) is 1.51. The molecule has 4 N–H and O–H groups in total. The van der Waals surface area contributed by atoms with Crippen molar-refractivity contribution in [3.05, 3.63) is 24.3 Å². The van der Waals surface area contributed by atoms with Gasteiger partial charge in [-0.2, -0.15) is 0 Å². The standard InChI is InChI=1S/C13H18N2O5/c1-20-6-5-14-11(13(18)19)8-12(17)15-9-3-2-4-10(16)7-9/h2-4,7,11,14,16H,5-6,8H2,1H3,(H,15,17)(H,18,19). The van der Waals surface area contributed by atoms with Gasteiger partial charge >= 0.3 is 5.97 Å². The number of hydrogen-bond donors (Lipinski definition) is 4. The summed E-state index contributed by atoms with van der Waals surface area (Å²) in [5, 5.41) is 23.5. The van der Waals surface area contributed by atoms with Gasteiger partial charge in [-0.1, -0.05) is 6.07 Å². The van der Waals surface area contributed by atoms with Crippen LogP contribution in [0.5, 0.6) is 5.75 Å². The van der Waals surface area contributed by atoms with Crippen LogP contribution >= 0.6 is 0 Å². The number of amides is 1. The van der Waals surface area contributed by atoms with E-state index in [9.17, 15) is 14.7 Å². The quantitative estimate of drug-likeness (QED) is 0.514. The van der Waals surface area contributed by atoms with Crippen molar-refractivity contribution in [2.75, 3.05) is 25.6 Å². The Morgan fingerprint density at radius 2 is 2.15 bits per heavy atom. The maximum Gasteiger partial charge on any atom is 0.321 e. The molecule has 0 fully saturated rings. The van der Waals surface area contributed by atoms with Gasteiger partial charge in [0.1, 0.15) is 11.8 Å². The van der Waals surface area contributed by atoms with Crippen molar-refractivity contribution >= 4 is 17.6 Å². The molecule has 0 bridgehead atoms. The Balaban J connectivity index is 2.51. The Bertz CT molecular complexity index is 464. The zero-order valence-corrected chi connectivity index (χ0v) is 11.1. The number of carboxylic acids is 1. The summed E-state index contributed by atoms with van der Waals surface area (Å²) in [4.78, 5) is 22.8. The number of carbonyl (C=O) groups is 2. The van der Waals surface area contributed by atoms with E-state index in [-0.39, 0.29) is 12.2 Å². The Labute approximate surface area is 116 Å². The number of anilines is 1. The number of aliphatic carboxylic acids is 1. The maximum atomic E-state index is 11.7. The summed E-state index contributed by atoms with van der Waals surface area (Å²) in [5.41, 5.74) is 0.413. The molecule has 1 rings (SSSR count). The molecule has 1 aromatic rings. The molecule has 0 aliphatic carbocycles. The lowest BCUT2D eigenvalue weighted by Crippen LogP contribution is -2.41. The smallest absolute Gasteiger partial charge is 0.321 e. The summed E-state index contributed by atoms with van der Waals surface area (Å²) in [6, 6.07) is 5.05. The second-order valence-corrected chi connectivity index (χ2v) is 4.14. The van der Waals surface area contributed by atoms with Crippen LogP contribution in [0.2, 0.25) is 0 Å². The molecule has 7 heteroatoms. The van der Waals surface area contributed by atoms with Crippen molar-refractivity contribution in [2.45, 2.75) is 12.5 Å². The maximum absolute atomic E-state index is 11.7.